The summed E-state index contributed by atoms with van der Waals surface area (Å²) in [5, 5.41) is 3.49. The van der Waals surface area contributed by atoms with Crippen molar-refractivity contribution in [3.05, 3.63) is 22.2 Å². The van der Waals surface area contributed by atoms with E-state index in [0.717, 1.165) is 48.6 Å². The van der Waals surface area contributed by atoms with Crippen LogP contribution in [0.3, 0.4) is 0 Å². The predicted octanol–water partition coefficient (Wildman–Crippen LogP) is 3.67. The first-order chi connectivity index (χ1) is 8.72. The lowest BCUT2D eigenvalue weighted by atomic mass is 10.1. The fourth-order valence-electron chi connectivity index (χ4n) is 2.00. The minimum Gasteiger partial charge on any atom is -0.490 e. The molecule has 0 saturated heterocycles. The minimum atomic E-state index is 0.302. The fourth-order valence-corrected chi connectivity index (χ4v) is 2.67. The lowest BCUT2D eigenvalue weighted by molar-refractivity contribution is 0.297. The van der Waals surface area contributed by atoms with Gasteiger partial charge in [-0.1, -0.05) is 22.9 Å². The molecule has 0 fully saturated rings. The van der Waals surface area contributed by atoms with Crippen LogP contribution in [-0.4, -0.2) is 19.8 Å². The van der Waals surface area contributed by atoms with Crippen molar-refractivity contribution in [2.45, 2.75) is 32.7 Å². The van der Waals surface area contributed by atoms with Gasteiger partial charge < -0.3 is 14.8 Å². The molecular formula is C14H20BrNO2. The Labute approximate surface area is 117 Å². The summed E-state index contributed by atoms with van der Waals surface area (Å²) in [5.74, 6) is 1.70. The second kappa shape index (κ2) is 6.43. The Morgan fingerprint density at radius 2 is 1.94 bits per heavy atom. The van der Waals surface area contributed by atoms with Crippen molar-refractivity contribution in [3.63, 3.8) is 0 Å². The van der Waals surface area contributed by atoms with E-state index in [0.29, 0.717) is 6.04 Å². The number of fused-ring (bicyclic) bond motifs is 1. The standard InChI is InChI=1S/C14H20BrNO2/c1-3-5-16-10(2)11-8-13-14(9-12(11)15)18-7-4-6-17-13/h8-10,16H,3-7H2,1-2H3. The highest BCUT2D eigenvalue weighted by atomic mass is 79.9. The molecule has 1 aliphatic rings. The summed E-state index contributed by atoms with van der Waals surface area (Å²) in [7, 11) is 0. The summed E-state index contributed by atoms with van der Waals surface area (Å²) in [4.78, 5) is 0. The first-order valence-corrected chi connectivity index (χ1v) is 7.34. The lowest BCUT2D eigenvalue weighted by Gasteiger charge is -2.18. The SMILES string of the molecule is CCCNC(C)c1cc2c(cc1Br)OCCCO2. The Kier molecular flexibility index (Phi) is 4.89. The summed E-state index contributed by atoms with van der Waals surface area (Å²) >= 11 is 3.62. The quantitative estimate of drug-likeness (QED) is 0.920. The highest BCUT2D eigenvalue weighted by Gasteiger charge is 2.16. The van der Waals surface area contributed by atoms with Gasteiger partial charge in [-0.2, -0.15) is 0 Å². The molecule has 3 nitrogen and oxygen atoms in total. The molecule has 0 saturated carbocycles. The summed E-state index contributed by atoms with van der Waals surface area (Å²) in [6.07, 6.45) is 2.07. The largest absolute Gasteiger partial charge is 0.490 e. The summed E-state index contributed by atoms with van der Waals surface area (Å²) in [5.41, 5.74) is 1.22. The second-order valence-corrected chi connectivity index (χ2v) is 5.40. The van der Waals surface area contributed by atoms with Crippen LogP contribution >= 0.6 is 15.9 Å². The van der Waals surface area contributed by atoms with E-state index in [1.807, 2.05) is 6.07 Å². The maximum absolute atomic E-state index is 5.73. The molecule has 1 heterocycles. The monoisotopic (exact) mass is 313 g/mol. The number of benzene rings is 1. The molecule has 0 aliphatic carbocycles. The lowest BCUT2D eigenvalue weighted by Crippen LogP contribution is -2.19. The van der Waals surface area contributed by atoms with E-state index < -0.39 is 0 Å². The molecule has 0 spiro atoms. The van der Waals surface area contributed by atoms with Crippen molar-refractivity contribution in [1.82, 2.24) is 5.32 Å². The molecule has 1 aromatic carbocycles. The van der Waals surface area contributed by atoms with E-state index in [2.05, 4.69) is 41.2 Å². The average molecular weight is 314 g/mol. The zero-order valence-corrected chi connectivity index (χ0v) is 12.5. The van der Waals surface area contributed by atoms with E-state index in [-0.39, 0.29) is 0 Å². The third kappa shape index (κ3) is 3.18. The summed E-state index contributed by atoms with van der Waals surface area (Å²) in [6, 6.07) is 4.40. The molecule has 1 atom stereocenters. The number of hydrogen-bond donors (Lipinski definition) is 1. The fraction of sp³-hybridized carbons (Fsp3) is 0.571. The summed E-state index contributed by atoms with van der Waals surface area (Å²) < 4.78 is 12.5. The van der Waals surface area contributed by atoms with Crippen LogP contribution < -0.4 is 14.8 Å². The van der Waals surface area contributed by atoms with E-state index in [4.69, 9.17) is 9.47 Å². The van der Waals surface area contributed by atoms with Crippen LogP contribution in [-0.2, 0) is 0 Å². The Morgan fingerprint density at radius 3 is 2.61 bits per heavy atom. The van der Waals surface area contributed by atoms with E-state index in [9.17, 15) is 0 Å². The highest BCUT2D eigenvalue weighted by Crippen LogP contribution is 2.37. The molecule has 0 aromatic heterocycles. The van der Waals surface area contributed by atoms with Gasteiger partial charge >= 0.3 is 0 Å². The normalized spacial score (nSPS) is 16.2. The third-order valence-corrected chi connectivity index (χ3v) is 3.72. The van der Waals surface area contributed by atoms with Gasteiger partial charge in [-0.05, 0) is 37.6 Å². The van der Waals surface area contributed by atoms with Gasteiger partial charge in [0.25, 0.3) is 0 Å². The smallest absolute Gasteiger partial charge is 0.162 e. The molecule has 1 aliphatic heterocycles. The van der Waals surface area contributed by atoms with E-state index in [1.165, 1.54) is 5.56 Å². The molecule has 1 N–H and O–H groups in total. The van der Waals surface area contributed by atoms with Crippen molar-refractivity contribution in [2.75, 3.05) is 19.8 Å². The molecule has 100 valence electrons. The van der Waals surface area contributed by atoms with Crippen LogP contribution in [0.4, 0.5) is 0 Å². The Morgan fingerprint density at radius 1 is 1.28 bits per heavy atom. The Balaban J connectivity index is 2.23. The first kappa shape index (κ1) is 13.7. The topological polar surface area (TPSA) is 30.5 Å². The maximum Gasteiger partial charge on any atom is 0.162 e. The van der Waals surface area contributed by atoms with Crippen LogP contribution in [0.2, 0.25) is 0 Å². The van der Waals surface area contributed by atoms with E-state index >= 15 is 0 Å². The van der Waals surface area contributed by atoms with Crippen LogP contribution in [0.5, 0.6) is 11.5 Å². The molecule has 0 amide bonds. The number of halogens is 1. The number of nitrogens with one attached hydrogen (secondary N) is 1. The van der Waals surface area contributed by atoms with Crippen LogP contribution in [0.1, 0.15) is 38.3 Å². The van der Waals surface area contributed by atoms with Crippen molar-refractivity contribution in [1.29, 1.82) is 0 Å². The average Bonchev–Trinajstić information content (AvgIpc) is 2.59. The van der Waals surface area contributed by atoms with Gasteiger partial charge in [0.05, 0.1) is 13.2 Å². The van der Waals surface area contributed by atoms with Gasteiger partial charge in [0, 0.05) is 16.9 Å². The molecule has 0 bridgehead atoms. The minimum absolute atomic E-state index is 0.302. The van der Waals surface area contributed by atoms with Crippen LogP contribution in [0, 0.1) is 0 Å². The van der Waals surface area contributed by atoms with Gasteiger partial charge in [0.15, 0.2) is 11.5 Å². The van der Waals surface area contributed by atoms with Crippen LogP contribution in [0.25, 0.3) is 0 Å². The van der Waals surface area contributed by atoms with Crippen LogP contribution in [0.15, 0.2) is 16.6 Å². The Bertz CT molecular complexity index is 409. The van der Waals surface area contributed by atoms with Gasteiger partial charge in [-0.25, -0.2) is 0 Å². The maximum atomic E-state index is 5.73. The Hall–Kier alpha value is -0.740. The zero-order chi connectivity index (χ0) is 13.0. The zero-order valence-electron chi connectivity index (χ0n) is 11.0. The number of rotatable bonds is 4. The van der Waals surface area contributed by atoms with Gasteiger partial charge in [0.2, 0.25) is 0 Å². The number of hydrogen-bond acceptors (Lipinski definition) is 3. The molecular weight excluding hydrogens is 294 g/mol. The highest BCUT2D eigenvalue weighted by molar-refractivity contribution is 9.10. The predicted molar refractivity (Wildman–Crippen MR) is 76.5 cm³/mol. The third-order valence-electron chi connectivity index (χ3n) is 3.03. The van der Waals surface area contributed by atoms with Crippen molar-refractivity contribution in [2.24, 2.45) is 0 Å². The molecule has 0 radical (unpaired) electrons. The molecule has 1 aromatic rings. The molecule has 4 heteroatoms. The molecule has 18 heavy (non-hydrogen) atoms. The van der Waals surface area contributed by atoms with Crippen molar-refractivity contribution >= 4 is 15.9 Å². The van der Waals surface area contributed by atoms with Gasteiger partial charge in [0.1, 0.15) is 0 Å². The molecule has 2 rings (SSSR count). The number of ether oxygens (including phenoxy) is 2. The second-order valence-electron chi connectivity index (χ2n) is 4.55. The first-order valence-electron chi connectivity index (χ1n) is 6.54. The molecule has 1 unspecified atom stereocenters. The van der Waals surface area contributed by atoms with E-state index in [1.54, 1.807) is 0 Å². The van der Waals surface area contributed by atoms with Crippen molar-refractivity contribution < 1.29 is 9.47 Å². The van der Waals surface area contributed by atoms with Crippen molar-refractivity contribution in [3.8, 4) is 11.5 Å². The van der Waals surface area contributed by atoms with Gasteiger partial charge in [-0.15, -0.1) is 0 Å². The van der Waals surface area contributed by atoms with Gasteiger partial charge in [-0.3, -0.25) is 0 Å². The summed E-state index contributed by atoms with van der Waals surface area (Å²) in [6.45, 7) is 6.80.